The smallest absolute Gasteiger partial charge is 0.320 e. The van der Waals surface area contributed by atoms with Gasteiger partial charge in [0.2, 0.25) is 0 Å². The molecule has 0 unspecified atom stereocenters. The van der Waals surface area contributed by atoms with Gasteiger partial charge in [0.15, 0.2) is 0 Å². The Balaban J connectivity index is 1.71. The minimum absolute atomic E-state index is 0.257. The van der Waals surface area contributed by atoms with Crippen molar-refractivity contribution in [3.63, 3.8) is 0 Å². The van der Waals surface area contributed by atoms with E-state index < -0.39 is 0 Å². The van der Waals surface area contributed by atoms with Crippen molar-refractivity contribution in [2.45, 2.75) is 0 Å². The molecule has 23 heavy (non-hydrogen) atoms. The van der Waals surface area contributed by atoms with Crippen molar-refractivity contribution < 1.29 is 4.79 Å². The SMILES string of the molecule is O=C(Nc1cccc2cccnc12)c1ccc2[nH]c(=O)[nH]c2c1. The largest absolute Gasteiger partial charge is 0.323 e. The molecule has 4 aromatic rings. The van der Waals surface area contributed by atoms with Gasteiger partial charge in [0.1, 0.15) is 0 Å². The lowest BCUT2D eigenvalue weighted by Gasteiger charge is -2.08. The number of pyridine rings is 1. The van der Waals surface area contributed by atoms with Gasteiger partial charge < -0.3 is 15.3 Å². The fourth-order valence-electron chi connectivity index (χ4n) is 2.57. The van der Waals surface area contributed by atoms with Crippen molar-refractivity contribution in [1.82, 2.24) is 15.0 Å². The van der Waals surface area contributed by atoms with Crippen LogP contribution >= 0.6 is 0 Å². The zero-order chi connectivity index (χ0) is 15.8. The van der Waals surface area contributed by atoms with Crippen LogP contribution in [0.4, 0.5) is 5.69 Å². The van der Waals surface area contributed by atoms with Crippen molar-refractivity contribution in [2.24, 2.45) is 0 Å². The maximum atomic E-state index is 12.5. The summed E-state index contributed by atoms with van der Waals surface area (Å²) in [5, 5.41) is 3.82. The number of para-hydroxylation sites is 1. The summed E-state index contributed by atoms with van der Waals surface area (Å²) in [6.45, 7) is 0. The predicted molar refractivity (Wildman–Crippen MR) is 88.6 cm³/mol. The molecule has 0 aliphatic heterocycles. The summed E-state index contributed by atoms with van der Waals surface area (Å²) in [4.78, 5) is 33.4. The van der Waals surface area contributed by atoms with Crippen molar-refractivity contribution >= 4 is 33.5 Å². The standard InChI is InChI=1S/C17H12N4O2/c22-16(11-6-7-12-14(9-11)21-17(23)20-12)19-13-5-1-3-10-4-2-8-18-15(10)13/h1-9H,(H,19,22)(H2,20,21,23). The maximum Gasteiger partial charge on any atom is 0.323 e. The number of rotatable bonds is 2. The highest BCUT2D eigenvalue weighted by Crippen LogP contribution is 2.21. The second-order valence-corrected chi connectivity index (χ2v) is 5.17. The molecule has 0 aliphatic rings. The molecular weight excluding hydrogens is 292 g/mol. The van der Waals surface area contributed by atoms with Gasteiger partial charge in [-0.25, -0.2) is 4.79 Å². The van der Waals surface area contributed by atoms with Crippen molar-refractivity contribution in [3.8, 4) is 0 Å². The summed E-state index contributed by atoms with van der Waals surface area (Å²) in [6.07, 6.45) is 1.69. The lowest BCUT2D eigenvalue weighted by molar-refractivity contribution is 0.102. The van der Waals surface area contributed by atoms with E-state index in [9.17, 15) is 9.59 Å². The molecule has 0 radical (unpaired) electrons. The molecule has 1 amide bonds. The van der Waals surface area contributed by atoms with Gasteiger partial charge in [0.05, 0.1) is 22.2 Å². The Labute approximate surface area is 130 Å². The number of fused-ring (bicyclic) bond motifs is 2. The predicted octanol–water partition coefficient (Wildman–Crippen LogP) is 2.66. The Bertz CT molecular complexity index is 1090. The van der Waals surface area contributed by atoms with Crippen LogP contribution in [0.5, 0.6) is 0 Å². The van der Waals surface area contributed by atoms with E-state index in [0.29, 0.717) is 22.3 Å². The summed E-state index contributed by atoms with van der Waals surface area (Å²) in [5.74, 6) is -0.257. The molecule has 0 spiro atoms. The van der Waals surface area contributed by atoms with Gasteiger partial charge in [-0.3, -0.25) is 9.78 Å². The molecule has 6 nitrogen and oxygen atoms in total. The van der Waals surface area contributed by atoms with Crippen molar-refractivity contribution in [2.75, 3.05) is 5.32 Å². The zero-order valence-electron chi connectivity index (χ0n) is 12.0. The van der Waals surface area contributed by atoms with Crippen LogP contribution in [0.2, 0.25) is 0 Å². The van der Waals surface area contributed by atoms with E-state index in [1.165, 1.54) is 0 Å². The molecule has 0 aliphatic carbocycles. The number of nitrogens with zero attached hydrogens (tertiary/aromatic N) is 1. The van der Waals surface area contributed by atoms with E-state index in [4.69, 9.17) is 0 Å². The number of imidazole rings is 1. The number of aromatic nitrogens is 3. The number of benzene rings is 2. The Morgan fingerprint density at radius 2 is 1.83 bits per heavy atom. The number of amides is 1. The molecule has 4 rings (SSSR count). The maximum absolute atomic E-state index is 12.5. The second-order valence-electron chi connectivity index (χ2n) is 5.17. The van der Waals surface area contributed by atoms with Crippen LogP contribution in [0.3, 0.4) is 0 Å². The summed E-state index contributed by atoms with van der Waals surface area (Å²) in [6, 6.07) is 14.4. The molecule has 0 atom stereocenters. The second kappa shape index (κ2) is 5.10. The molecule has 0 fully saturated rings. The van der Waals surface area contributed by atoms with Gasteiger partial charge in [-0.2, -0.15) is 0 Å². The molecular formula is C17H12N4O2. The fourth-order valence-corrected chi connectivity index (χ4v) is 2.57. The van der Waals surface area contributed by atoms with E-state index in [2.05, 4.69) is 20.3 Å². The van der Waals surface area contributed by atoms with Gasteiger partial charge in [-0.1, -0.05) is 18.2 Å². The average molecular weight is 304 g/mol. The summed E-state index contributed by atoms with van der Waals surface area (Å²) in [5.41, 5.74) is 2.81. The van der Waals surface area contributed by atoms with Crippen LogP contribution in [0.15, 0.2) is 59.5 Å². The van der Waals surface area contributed by atoms with Crippen LogP contribution in [0, 0.1) is 0 Å². The number of hydrogen-bond donors (Lipinski definition) is 3. The van der Waals surface area contributed by atoms with Crippen molar-refractivity contribution in [1.29, 1.82) is 0 Å². The highest BCUT2D eigenvalue weighted by molar-refractivity contribution is 6.09. The number of carbonyl (C=O) groups excluding carboxylic acids is 1. The zero-order valence-corrected chi connectivity index (χ0v) is 12.0. The van der Waals surface area contributed by atoms with Crippen LogP contribution in [-0.4, -0.2) is 20.9 Å². The minimum atomic E-state index is -0.296. The van der Waals surface area contributed by atoms with E-state index in [1.807, 2.05) is 30.3 Å². The number of aromatic amines is 2. The lowest BCUT2D eigenvalue weighted by atomic mass is 10.1. The highest BCUT2D eigenvalue weighted by atomic mass is 16.2. The third-order valence-corrected chi connectivity index (χ3v) is 3.66. The van der Waals surface area contributed by atoms with Gasteiger partial charge in [0.25, 0.3) is 5.91 Å². The number of nitrogens with one attached hydrogen (secondary N) is 3. The molecule has 112 valence electrons. The number of anilines is 1. The van der Waals surface area contributed by atoms with E-state index in [-0.39, 0.29) is 11.6 Å². The summed E-state index contributed by atoms with van der Waals surface area (Å²) < 4.78 is 0. The van der Waals surface area contributed by atoms with Gasteiger partial charge in [0, 0.05) is 17.1 Å². The number of H-pyrrole nitrogens is 2. The van der Waals surface area contributed by atoms with Gasteiger partial charge in [-0.15, -0.1) is 0 Å². The van der Waals surface area contributed by atoms with Crippen LogP contribution in [0.25, 0.3) is 21.9 Å². The topological polar surface area (TPSA) is 90.6 Å². The Hall–Kier alpha value is -3.41. The first-order valence-corrected chi connectivity index (χ1v) is 7.08. The number of carbonyl (C=O) groups is 1. The Kier molecular flexibility index (Phi) is 2.94. The monoisotopic (exact) mass is 304 g/mol. The summed E-state index contributed by atoms with van der Waals surface area (Å²) in [7, 11) is 0. The quantitative estimate of drug-likeness (QED) is 0.531. The lowest BCUT2D eigenvalue weighted by Crippen LogP contribution is -2.12. The molecule has 6 heteroatoms. The van der Waals surface area contributed by atoms with Crippen molar-refractivity contribution in [3.05, 3.63) is 70.8 Å². The first-order chi connectivity index (χ1) is 11.2. The van der Waals surface area contributed by atoms with E-state index in [0.717, 1.165) is 10.9 Å². The third kappa shape index (κ3) is 2.36. The van der Waals surface area contributed by atoms with E-state index >= 15 is 0 Å². The van der Waals surface area contributed by atoms with Crippen LogP contribution < -0.4 is 11.0 Å². The molecule has 2 aromatic carbocycles. The normalized spacial score (nSPS) is 11.0. The fraction of sp³-hybridized carbons (Fsp3) is 0. The third-order valence-electron chi connectivity index (χ3n) is 3.66. The minimum Gasteiger partial charge on any atom is -0.320 e. The Morgan fingerprint density at radius 3 is 2.74 bits per heavy atom. The Morgan fingerprint density at radius 1 is 1.00 bits per heavy atom. The first kappa shape index (κ1) is 13.3. The average Bonchev–Trinajstić information content (AvgIpc) is 2.94. The van der Waals surface area contributed by atoms with Gasteiger partial charge >= 0.3 is 5.69 Å². The van der Waals surface area contributed by atoms with E-state index in [1.54, 1.807) is 24.4 Å². The molecule has 3 N–H and O–H groups in total. The molecule has 2 heterocycles. The highest BCUT2D eigenvalue weighted by Gasteiger charge is 2.10. The van der Waals surface area contributed by atoms with Gasteiger partial charge in [-0.05, 0) is 30.3 Å². The molecule has 0 bridgehead atoms. The summed E-state index contributed by atoms with van der Waals surface area (Å²) >= 11 is 0. The van der Waals surface area contributed by atoms with Crippen LogP contribution in [0.1, 0.15) is 10.4 Å². The number of hydrogen-bond acceptors (Lipinski definition) is 3. The molecule has 2 aromatic heterocycles. The van der Waals surface area contributed by atoms with Crippen LogP contribution in [-0.2, 0) is 0 Å². The molecule has 0 saturated carbocycles. The molecule has 0 saturated heterocycles. The first-order valence-electron chi connectivity index (χ1n) is 7.08.